The molecule has 6 heteroatoms. The van der Waals surface area contributed by atoms with Crippen molar-refractivity contribution < 1.29 is 13.5 Å². The minimum Gasteiger partial charge on any atom is -0.391 e. The van der Waals surface area contributed by atoms with E-state index >= 15 is 0 Å². The first-order chi connectivity index (χ1) is 8.97. The molecule has 0 saturated heterocycles. The Morgan fingerprint density at radius 1 is 1.47 bits per heavy atom. The average Bonchev–Trinajstić information content (AvgIpc) is 2.98. The van der Waals surface area contributed by atoms with Gasteiger partial charge in [0.2, 0.25) is 10.0 Å². The number of aliphatic hydroxyl groups is 1. The first kappa shape index (κ1) is 15.0. The van der Waals surface area contributed by atoms with Gasteiger partial charge in [-0.3, -0.25) is 0 Å². The Labute approximate surface area is 118 Å². The van der Waals surface area contributed by atoms with Gasteiger partial charge in [-0.1, -0.05) is 20.3 Å². The van der Waals surface area contributed by atoms with Crippen LogP contribution in [0.2, 0.25) is 0 Å². The second-order valence-corrected chi connectivity index (χ2v) is 7.95. The minimum atomic E-state index is -3.45. The Balaban J connectivity index is 2.09. The lowest BCUT2D eigenvalue weighted by molar-refractivity contribution is 0.285. The molecule has 2 rings (SSSR count). The van der Waals surface area contributed by atoms with E-state index in [1.807, 2.05) is 0 Å². The summed E-state index contributed by atoms with van der Waals surface area (Å²) in [7, 11) is -3.45. The monoisotopic (exact) mass is 303 g/mol. The van der Waals surface area contributed by atoms with E-state index < -0.39 is 10.0 Å². The Bertz CT molecular complexity index is 524. The molecule has 1 heterocycles. The Kier molecular flexibility index (Phi) is 4.66. The molecular weight excluding hydrogens is 282 g/mol. The van der Waals surface area contributed by atoms with Crippen molar-refractivity contribution in [3.63, 3.8) is 0 Å². The maximum absolute atomic E-state index is 12.3. The minimum absolute atomic E-state index is 0.0347. The highest BCUT2D eigenvalue weighted by molar-refractivity contribution is 7.89. The lowest BCUT2D eigenvalue weighted by Gasteiger charge is -2.20. The lowest BCUT2D eigenvalue weighted by atomic mass is 9.94. The second-order valence-electron chi connectivity index (χ2n) is 5.24. The van der Waals surface area contributed by atoms with E-state index in [1.165, 1.54) is 11.3 Å². The van der Waals surface area contributed by atoms with Gasteiger partial charge in [0.05, 0.1) is 11.5 Å². The predicted molar refractivity (Wildman–Crippen MR) is 76.5 cm³/mol. The maximum atomic E-state index is 12.3. The molecule has 3 atom stereocenters. The molecule has 1 aliphatic carbocycles. The predicted octanol–water partition coefficient (Wildman–Crippen LogP) is 2.34. The Morgan fingerprint density at radius 2 is 2.21 bits per heavy atom. The highest BCUT2D eigenvalue weighted by Gasteiger charge is 2.34. The summed E-state index contributed by atoms with van der Waals surface area (Å²) in [5, 5.41) is 10.6. The molecule has 4 nitrogen and oxygen atoms in total. The third-order valence-corrected chi connectivity index (χ3v) is 6.69. The first-order valence-corrected chi connectivity index (χ1v) is 9.04. The van der Waals surface area contributed by atoms with E-state index in [0.717, 1.165) is 19.3 Å². The fourth-order valence-corrected chi connectivity index (χ4v) is 5.34. The summed E-state index contributed by atoms with van der Waals surface area (Å²) in [6.45, 7) is 4.17. The molecular formula is C13H21NO3S2. The number of rotatable bonds is 5. The number of nitrogens with one attached hydrogen (secondary N) is 1. The molecule has 1 aliphatic rings. The summed E-state index contributed by atoms with van der Waals surface area (Å²) >= 11 is 1.27. The van der Waals surface area contributed by atoms with Crippen molar-refractivity contribution in [3.8, 4) is 0 Å². The quantitative estimate of drug-likeness (QED) is 0.877. The van der Waals surface area contributed by atoms with Crippen LogP contribution in [0.4, 0.5) is 0 Å². The fourth-order valence-electron chi connectivity index (χ4n) is 2.84. The normalized spacial score (nSPS) is 27.8. The molecule has 0 aliphatic heterocycles. The molecule has 0 aromatic carbocycles. The van der Waals surface area contributed by atoms with Gasteiger partial charge in [-0.25, -0.2) is 13.1 Å². The molecule has 0 spiro atoms. The third kappa shape index (κ3) is 3.18. The summed E-state index contributed by atoms with van der Waals surface area (Å²) in [5.41, 5.74) is 0. The molecule has 0 radical (unpaired) electrons. The van der Waals surface area contributed by atoms with Gasteiger partial charge in [-0.2, -0.15) is 0 Å². The van der Waals surface area contributed by atoms with Crippen molar-refractivity contribution in [2.24, 2.45) is 11.8 Å². The average molecular weight is 303 g/mol. The molecule has 0 bridgehead atoms. The van der Waals surface area contributed by atoms with Gasteiger partial charge in [0.1, 0.15) is 0 Å². The highest BCUT2D eigenvalue weighted by Crippen LogP contribution is 2.34. The molecule has 19 heavy (non-hydrogen) atoms. The van der Waals surface area contributed by atoms with Gasteiger partial charge in [0.25, 0.3) is 0 Å². The van der Waals surface area contributed by atoms with Crippen molar-refractivity contribution >= 4 is 21.4 Å². The van der Waals surface area contributed by atoms with Crippen LogP contribution in [0.3, 0.4) is 0 Å². The van der Waals surface area contributed by atoms with Crippen molar-refractivity contribution in [1.82, 2.24) is 4.72 Å². The van der Waals surface area contributed by atoms with Gasteiger partial charge in [0.15, 0.2) is 0 Å². The van der Waals surface area contributed by atoms with E-state index in [4.69, 9.17) is 5.11 Å². The zero-order chi connectivity index (χ0) is 14.0. The topological polar surface area (TPSA) is 66.4 Å². The molecule has 1 aromatic rings. The highest BCUT2D eigenvalue weighted by atomic mass is 32.2. The molecule has 1 fully saturated rings. The molecule has 108 valence electrons. The van der Waals surface area contributed by atoms with Crippen LogP contribution in [-0.4, -0.2) is 19.6 Å². The number of sulfonamides is 1. The van der Waals surface area contributed by atoms with Crippen LogP contribution in [0.5, 0.6) is 0 Å². The van der Waals surface area contributed by atoms with E-state index in [-0.39, 0.29) is 17.5 Å². The standard InChI is InChI=1S/C13H21NO3S2/c1-3-10-4-5-13(9(10)2)14-19(16,17)12-6-11(7-15)18-8-12/h6,8-10,13-15H,3-5,7H2,1-2H3. The van der Waals surface area contributed by atoms with Crippen LogP contribution in [0.25, 0.3) is 0 Å². The summed E-state index contributed by atoms with van der Waals surface area (Å²) in [4.78, 5) is 0.944. The molecule has 0 amide bonds. The molecule has 3 unspecified atom stereocenters. The van der Waals surface area contributed by atoms with Crippen LogP contribution < -0.4 is 4.72 Å². The van der Waals surface area contributed by atoms with Crippen molar-refractivity contribution in [1.29, 1.82) is 0 Å². The van der Waals surface area contributed by atoms with Gasteiger partial charge in [0, 0.05) is 16.3 Å². The number of thiophene rings is 1. The van der Waals surface area contributed by atoms with Crippen LogP contribution in [0.1, 0.15) is 38.0 Å². The molecule has 2 N–H and O–H groups in total. The second kappa shape index (κ2) is 5.91. The van der Waals surface area contributed by atoms with Gasteiger partial charge in [-0.15, -0.1) is 11.3 Å². The van der Waals surface area contributed by atoms with Crippen molar-refractivity contribution in [2.45, 2.75) is 50.7 Å². The van der Waals surface area contributed by atoms with Crippen molar-refractivity contribution in [2.75, 3.05) is 0 Å². The van der Waals surface area contributed by atoms with Gasteiger partial charge in [-0.05, 0) is 30.7 Å². The van der Waals surface area contributed by atoms with Gasteiger partial charge < -0.3 is 5.11 Å². The number of aliphatic hydroxyl groups excluding tert-OH is 1. The van der Waals surface area contributed by atoms with Crippen LogP contribution >= 0.6 is 11.3 Å². The summed E-state index contributed by atoms with van der Waals surface area (Å²) < 4.78 is 27.4. The van der Waals surface area contributed by atoms with E-state index in [0.29, 0.717) is 16.7 Å². The molecule has 1 saturated carbocycles. The van der Waals surface area contributed by atoms with E-state index in [2.05, 4.69) is 18.6 Å². The summed E-state index contributed by atoms with van der Waals surface area (Å²) in [5.74, 6) is 0.999. The zero-order valence-electron chi connectivity index (χ0n) is 11.3. The Hall–Kier alpha value is -0.430. The van der Waals surface area contributed by atoms with Crippen LogP contribution in [-0.2, 0) is 16.6 Å². The zero-order valence-corrected chi connectivity index (χ0v) is 12.9. The number of hydrogen-bond donors (Lipinski definition) is 2. The maximum Gasteiger partial charge on any atom is 0.241 e. The van der Waals surface area contributed by atoms with Crippen LogP contribution in [0.15, 0.2) is 16.3 Å². The summed E-state index contributed by atoms with van der Waals surface area (Å²) in [6.07, 6.45) is 3.11. The molecule has 1 aromatic heterocycles. The van der Waals surface area contributed by atoms with Gasteiger partial charge >= 0.3 is 0 Å². The van der Waals surface area contributed by atoms with E-state index in [1.54, 1.807) is 11.4 Å². The lowest BCUT2D eigenvalue weighted by Crippen LogP contribution is -2.37. The van der Waals surface area contributed by atoms with E-state index in [9.17, 15) is 8.42 Å². The largest absolute Gasteiger partial charge is 0.391 e. The number of hydrogen-bond acceptors (Lipinski definition) is 4. The fraction of sp³-hybridized carbons (Fsp3) is 0.692. The first-order valence-electron chi connectivity index (χ1n) is 6.68. The Morgan fingerprint density at radius 3 is 2.74 bits per heavy atom. The third-order valence-electron chi connectivity index (χ3n) is 4.15. The summed E-state index contributed by atoms with van der Waals surface area (Å²) in [6, 6.07) is 1.58. The SMILES string of the molecule is CCC1CCC(NS(=O)(=O)c2csc(CO)c2)C1C. The van der Waals surface area contributed by atoms with Crippen LogP contribution in [0, 0.1) is 11.8 Å². The van der Waals surface area contributed by atoms with Crippen molar-refractivity contribution in [3.05, 3.63) is 16.3 Å². The smallest absolute Gasteiger partial charge is 0.241 e.